The molecule has 3 rings (SSSR count). The number of fused-ring (bicyclic) bond motifs is 1. The van der Waals surface area contributed by atoms with Crippen molar-refractivity contribution in [2.75, 3.05) is 6.54 Å². The zero-order valence-electron chi connectivity index (χ0n) is 10.00. The molecule has 0 radical (unpaired) electrons. The Kier molecular flexibility index (Phi) is 3.24. The number of benzene rings is 1. The second-order valence-electron chi connectivity index (χ2n) is 4.11. The average Bonchev–Trinajstić information content (AvgIpc) is 3.08. The number of nitrogens with zero attached hydrogens (tertiary/aromatic N) is 2. The van der Waals surface area contributed by atoms with Crippen LogP contribution < -0.4 is 5.32 Å². The molecule has 19 heavy (non-hydrogen) atoms. The van der Waals surface area contributed by atoms with Crippen LogP contribution in [-0.4, -0.2) is 21.2 Å². The minimum absolute atomic E-state index is 0.0987. The van der Waals surface area contributed by atoms with E-state index in [0.717, 1.165) is 34.7 Å². The Hall–Kier alpha value is -2.21. The van der Waals surface area contributed by atoms with Crippen LogP contribution in [0.1, 0.15) is 15.9 Å². The normalized spacial score (nSPS) is 10.7. The Balaban J connectivity index is 1.63. The maximum absolute atomic E-state index is 12.0. The summed E-state index contributed by atoms with van der Waals surface area (Å²) < 4.78 is 13.2. The third-order valence-electron chi connectivity index (χ3n) is 2.80. The SMILES string of the molecule is O=C(NCCc1ccoc1)c1ccc2nsnc2c1. The van der Waals surface area contributed by atoms with Crippen molar-refractivity contribution in [3.8, 4) is 0 Å². The Bertz CT molecular complexity index is 691. The largest absolute Gasteiger partial charge is 0.472 e. The fraction of sp³-hybridized carbons (Fsp3) is 0.154. The van der Waals surface area contributed by atoms with Crippen LogP contribution in [0.2, 0.25) is 0 Å². The molecule has 1 aromatic carbocycles. The zero-order valence-corrected chi connectivity index (χ0v) is 10.8. The van der Waals surface area contributed by atoms with Crippen molar-refractivity contribution in [1.29, 1.82) is 0 Å². The lowest BCUT2D eigenvalue weighted by Gasteiger charge is -2.03. The molecule has 0 saturated carbocycles. The summed E-state index contributed by atoms with van der Waals surface area (Å²) in [4.78, 5) is 12.0. The number of hydrogen-bond acceptors (Lipinski definition) is 5. The zero-order chi connectivity index (χ0) is 13.1. The first-order valence-corrected chi connectivity index (χ1v) is 6.57. The van der Waals surface area contributed by atoms with Gasteiger partial charge in [0.25, 0.3) is 5.91 Å². The molecule has 0 aliphatic carbocycles. The molecular weight excluding hydrogens is 262 g/mol. The summed E-state index contributed by atoms with van der Waals surface area (Å²) >= 11 is 1.15. The van der Waals surface area contributed by atoms with Gasteiger partial charge in [0.05, 0.1) is 24.3 Å². The number of carbonyl (C=O) groups is 1. The molecule has 0 aliphatic rings. The molecular formula is C13H11N3O2S. The van der Waals surface area contributed by atoms with Crippen LogP contribution in [0, 0.1) is 0 Å². The van der Waals surface area contributed by atoms with Gasteiger partial charge in [-0.05, 0) is 36.2 Å². The monoisotopic (exact) mass is 273 g/mol. The molecule has 1 N–H and O–H groups in total. The van der Waals surface area contributed by atoms with Crippen molar-refractivity contribution in [1.82, 2.24) is 14.1 Å². The van der Waals surface area contributed by atoms with E-state index in [1.54, 1.807) is 24.7 Å². The van der Waals surface area contributed by atoms with Crippen molar-refractivity contribution in [2.24, 2.45) is 0 Å². The van der Waals surface area contributed by atoms with Crippen LogP contribution in [-0.2, 0) is 6.42 Å². The highest BCUT2D eigenvalue weighted by Crippen LogP contribution is 2.13. The first-order chi connectivity index (χ1) is 9.33. The molecule has 3 aromatic rings. The second kappa shape index (κ2) is 5.19. The number of aromatic nitrogens is 2. The molecule has 0 bridgehead atoms. The third kappa shape index (κ3) is 2.63. The lowest BCUT2D eigenvalue weighted by Crippen LogP contribution is -2.25. The number of rotatable bonds is 4. The van der Waals surface area contributed by atoms with Crippen LogP contribution in [0.15, 0.2) is 41.2 Å². The fourth-order valence-corrected chi connectivity index (χ4v) is 2.30. The van der Waals surface area contributed by atoms with Crippen molar-refractivity contribution in [2.45, 2.75) is 6.42 Å². The summed E-state index contributed by atoms with van der Waals surface area (Å²) in [5.74, 6) is -0.0987. The number of furan rings is 1. The Morgan fingerprint density at radius 2 is 2.16 bits per heavy atom. The van der Waals surface area contributed by atoms with E-state index in [1.165, 1.54) is 0 Å². The van der Waals surface area contributed by atoms with Gasteiger partial charge in [0, 0.05) is 12.1 Å². The minimum Gasteiger partial charge on any atom is -0.472 e. The molecule has 2 heterocycles. The minimum atomic E-state index is -0.0987. The Morgan fingerprint density at radius 3 is 3.00 bits per heavy atom. The number of hydrogen-bond donors (Lipinski definition) is 1. The van der Waals surface area contributed by atoms with Gasteiger partial charge in [0.1, 0.15) is 11.0 Å². The van der Waals surface area contributed by atoms with Gasteiger partial charge in [-0.15, -0.1) is 0 Å². The maximum atomic E-state index is 12.0. The molecule has 0 unspecified atom stereocenters. The van der Waals surface area contributed by atoms with E-state index in [-0.39, 0.29) is 5.91 Å². The summed E-state index contributed by atoms with van der Waals surface area (Å²) in [6.45, 7) is 0.575. The van der Waals surface area contributed by atoms with Gasteiger partial charge in [-0.25, -0.2) is 0 Å². The average molecular weight is 273 g/mol. The first kappa shape index (κ1) is 11.9. The predicted octanol–water partition coefficient (Wildman–Crippen LogP) is 2.26. The molecule has 0 aliphatic heterocycles. The number of nitrogens with one attached hydrogen (secondary N) is 1. The van der Waals surface area contributed by atoms with Gasteiger partial charge in [-0.3, -0.25) is 4.79 Å². The summed E-state index contributed by atoms with van der Waals surface area (Å²) in [7, 11) is 0. The highest BCUT2D eigenvalue weighted by molar-refractivity contribution is 7.00. The van der Waals surface area contributed by atoms with Crippen LogP contribution in [0.4, 0.5) is 0 Å². The van der Waals surface area contributed by atoms with E-state index >= 15 is 0 Å². The molecule has 2 aromatic heterocycles. The van der Waals surface area contributed by atoms with Crippen LogP contribution in [0.5, 0.6) is 0 Å². The summed E-state index contributed by atoms with van der Waals surface area (Å²) in [5.41, 5.74) is 3.25. The predicted molar refractivity (Wildman–Crippen MR) is 72.2 cm³/mol. The van der Waals surface area contributed by atoms with E-state index in [1.807, 2.05) is 12.1 Å². The Morgan fingerprint density at radius 1 is 1.26 bits per heavy atom. The van der Waals surface area contributed by atoms with Crippen molar-refractivity contribution in [3.63, 3.8) is 0 Å². The van der Waals surface area contributed by atoms with Crippen molar-refractivity contribution >= 4 is 28.7 Å². The Labute approximate surface area is 113 Å². The smallest absolute Gasteiger partial charge is 0.251 e. The van der Waals surface area contributed by atoms with Gasteiger partial charge in [-0.2, -0.15) is 8.75 Å². The van der Waals surface area contributed by atoms with Crippen LogP contribution in [0.3, 0.4) is 0 Å². The molecule has 0 fully saturated rings. The fourth-order valence-electron chi connectivity index (χ4n) is 1.78. The van der Waals surface area contributed by atoms with Gasteiger partial charge in [0.2, 0.25) is 0 Å². The summed E-state index contributed by atoms with van der Waals surface area (Å²) in [6, 6.07) is 7.21. The van der Waals surface area contributed by atoms with E-state index in [0.29, 0.717) is 12.1 Å². The molecule has 0 saturated heterocycles. The van der Waals surface area contributed by atoms with Crippen LogP contribution >= 0.6 is 11.7 Å². The lowest BCUT2D eigenvalue weighted by atomic mass is 10.2. The molecule has 0 spiro atoms. The standard InChI is InChI=1S/C13H11N3O2S/c17-13(14-5-3-9-4-6-18-8-9)10-1-2-11-12(7-10)16-19-15-11/h1-2,4,6-8H,3,5H2,(H,14,17). The summed E-state index contributed by atoms with van der Waals surface area (Å²) in [6.07, 6.45) is 4.06. The third-order valence-corrected chi connectivity index (χ3v) is 3.35. The number of carbonyl (C=O) groups excluding carboxylic acids is 1. The number of amides is 1. The van der Waals surface area contributed by atoms with Crippen LogP contribution in [0.25, 0.3) is 11.0 Å². The van der Waals surface area contributed by atoms with Gasteiger partial charge >= 0.3 is 0 Å². The van der Waals surface area contributed by atoms with Crippen molar-refractivity contribution < 1.29 is 9.21 Å². The highest BCUT2D eigenvalue weighted by Gasteiger charge is 2.07. The second-order valence-corrected chi connectivity index (χ2v) is 4.63. The van der Waals surface area contributed by atoms with E-state index in [4.69, 9.17) is 4.42 Å². The highest BCUT2D eigenvalue weighted by atomic mass is 32.1. The summed E-state index contributed by atoms with van der Waals surface area (Å²) in [5, 5.41) is 2.87. The topological polar surface area (TPSA) is 68.0 Å². The van der Waals surface area contributed by atoms with Gasteiger partial charge in [-0.1, -0.05) is 0 Å². The van der Waals surface area contributed by atoms with Crippen molar-refractivity contribution in [3.05, 3.63) is 47.9 Å². The van der Waals surface area contributed by atoms with Gasteiger partial charge in [0.15, 0.2) is 0 Å². The molecule has 6 heteroatoms. The molecule has 5 nitrogen and oxygen atoms in total. The molecule has 0 atom stereocenters. The molecule has 96 valence electrons. The first-order valence-electron chi connectivity index (χ1n) is 5.84. The van der Waals surface area contributed by atoms with E-state index in [2.05, 4.69) is 14.1 Å². The quantitative estimate of drug-likeness (QED) is 0.791. The maximum Gasteiger partial charge on any atom is 0.251 e. The van der Waals surface area contributed by atoms with Gasteiger partial charge < -0.3 is 9.73 Å². The lowest BCUT2D eigenvalue weighted by molar-refractivity contribution is 0.0954. The van der Waals surface area contributed by atoms with E-state index in [9.17, 15) is 4.79 Å². The van der Waals surface area contributed by atoms with E-state index < -0.39 is 0 Å². The molecule has 1 amide bonds.